The predicted molar refractivity (Wildman–Crippen MR) is 71.1 cm³/mol. The summed E-state index contributed by atoms with van der Waals surface area (Å²) >= 11 is 0. The van der Waals surface area contributed by atoms with Crippen LogP contribution < -0.4 is 5.32 Å². The Morgan fingerprint density at radius 2 is 1.95 bits per heavy atom. The van der Waals surface area contributed by atoms with Crippen molar-refractivity contribution < 1.29 is 17.9 Å². The number of para-hydroxylation sites is 1. The van der Waals surface area contributed by atoms with Crippen molar-refractivity contribution in [3.63, 3.8) is 0 Å². The lowest BCUT2D eigenvalue weighted by atomic mass is 9.93. The molecule has 0 saturated heterocycles. The molecule has 1 heterocycles. The van der Waals surface area contributed by atoms with E-state index in [4.69, 9.17) is 4.74 Å². The Labute approximate surface area is 116 Å². The number of hydrogen-bond donors (Lipinski definition) is 1. The summed E-state index contributed by atoms with van der Waals surface area (Å²) in [6, 6.07) is 7.09. The van der Waals surface area contributed by atoms with E-state index in [1.165, 1.54) is 0 Å². The average molecular weight is 283 g/mol. The van der Waals surface area contributed by atoms with E-state index in [-0.39, 0.29) is 6.61 Å². The van der Waals surface area contributed by atoms with Crippen LogP contribution in [-0.2, 0) is 11.3 Å². The fourth-order valence-electron chi connectivity index (χ4n) is 1.72. The highest BCUT2D eigenvalue weighted by atomic mass is 19.4. The summed E-state index contributed by atoms with van der Waals surface area (Å²) in [5, 5.41) is 3.12. The summed E-state index contributed by atoms with van der Waals surface area (Å²) in [4.78, 5) is 0. The van der Waals surface area contributed by atoms with E-state index in [9.17, 15) is 13.2 Å². The van der Waals surface area contributed by atoms with Crippen LogP contribution in [0.3, 0.4) is 0 Å². The molecule has 1 N–H and O–H groups in total. The Hall–Kier alpha value is -1.67. The number of nitrogens with one attached hydrogen (secondary N) is 1. The second-order valence-corrected chi connectivity index (χ2v) is 5.26. The molecule has 1 aromatic carbocycles. The van der Waals surface area contributed by atoms with Crippen molar-refractivity contribution in [1.82, 2.24) is 0 Å². The third-order valence-electron chi connectivity index (χ3n) is 3.16. The first-order valence-corrected chi connectivity index (χ1v) is 6.31. The third-order valence-corrected chi connectivity index (χ3v) is 3.16. The average Bonchev–Trinajstić information content (AvgIpc) is 2.56. The molecule has 20 heavy (non-hydrogen) atoms. The van der Waals surface area contributed by atoms with Gasteiger partial charge in [-0.1, -0.05) is 30.0 Å². The van der Waals surface area contributed by atoms with Crippen LogP contribution in [0.1, 0.15) is 19.4 Å². The number of alkyl halides is 3. The number of fused-ring (bicyclic) bond motifs is 1. The molecule has 2 nitrogen and oxygen atoms in total. The molecule has 5 heteroatoms. The maximum absolute atomic E-state index is 12.8. The van der Waals surface area contributed by atoms with Crippen LogP contribution in [0.4, 0.5) is 18.9 Å². The second kappa shape index (κ2) is 5.37. The topological polar surface area (TPSA) is 21.3 Å². The summed E-state index contributed by atoms with van der Waals surface area (Å²) in [7, 11) is 0. The van der Waals surface area contributed by atoms with Crippen LogP contribution in [0.25, 0.3) is 0 Å². The van der Waals surface area contributed by atoms with Gasteiger partial charge in [-0.05, 0) is 19.9 Å². The number of anilines is 1. The zero-order valence-corrected chi connectivity index (χ0v) is 11.3. The van der Waals surface area contributed by atoms with Crippen molar-refractivity contribution in [2.24, 2.45) is 5.41 Å². The molecule has 0 aromatic heterocycles. The first-order valence-electron chi connectivity index (χ1n) is 6.31. The van der Waals surface area contributed by atoms with Crippen LogP contribution in [0.2, 0.25) is 0 Å². The zero-order chi connectivity index (χ0) is 14.8. The Balaban J connectivity index is 2.17. The van der Waals surface area contributed by atoms with Gasteiger partial charge in [0.25, 0.3) is 0 Å². The normalized spacial score (nSPS) is 19.1. The van der Waals surface area contributed by atoms with Crippen molar-refractivity contribution in [3.05, 3.63) is 29.8 Å². The fourth-order valence-corrected chi connectivity index (χ4v) is 1.72. The summed E-state index contributed by atoms with van der Waals surface area (Å²) in [5.41, 5.74) is -0.193. The molecule has 1 aliphatic heterocycles. The molecule has 0 fully saturated rings. The van der Waals surface area contributed by atoms with E-state index in [0.717, 1.165) is 25.1 Å². The predicted octanol–water partition coefficient (Wildman–Crippen LogP) is 3.59. The molecule has 1 unspecified atom stereocenters. The van der Waals surface area contributed by atoms with Gasteiger partial charge in [-0.15, -0.1) is 0 Å². The van der Waals surface area contributed by atoms with E-state index >= 15 is 0 Å². The number of ether oxygens (including phenoxy) is 1. The van der Waals surface area contributed by atoms with Gasteiger partial charge in [0.05, 0.1) is 13.2 Å². The van der Waals surface area contributed by atoms with E-state index in [2.05, 4.69) is 17.2 Å². The molecular formula is C15H16F3NO. The van der Waals surface area contributed by atoms with Gasteiger partial charge in [-0.25, -0.2) is 0 Å². The minimum Gasteiger partial charge on any atom is -0.374 e. The lowest BCUT2D eigenvalue weighted by molar-refractivity contribution is -0.190. The molecule has 0 bridgehead atoms. The lowest BCUT2D eigenvalue weighted by Gasteiger charge is -2.21. The molecule has 0 aliphatic carbocycles. The van der Waals surface area contributed by atoms with E-state index in [1.54, 1.807) is 0 Å². The van der Waals surface area contributed by atoms with Crippen LogP contribution in [0.15, 0.2) is 24.3 Å². The van der Waals surface area contributed by atoms with E-state index in [1.807, 2.05) is 24.3 Å². The summed E-state index contributed by atoms with van der Waals surface area (Å²) in [5.74, 6) is 4.95. The van der Waals surface area contributed by atoms with Crippen molar-refractivity contribution in [2.45, 2.75) is 32.7 Å². The summed E-state index contributed by atoms with van der Waals surface area (Å²) in [6.45, 7) is 2.84. The standard InChI is InChI=1S/C15H16F3NO/c1-14(2,15(16,17)18)8-7-12-10-20-9-11-5-3-4-6-13(11)19-12/h3-6,12,19H,9-10H2,1-2H3. The van der Waals surface area contributed by atoms with Crippen LogP contribution in [0.5, 0.6) is 0 Å². The number of benzene rings is 1. The monoisotopic (exact) mass is 283 g/mol. The molecule has 0 spiro atoms. The highest BCUT2D eigenvalue weighted by Gasteiger charge is 2.46. The molecule has 0 radical (unpaired) electrons. The maximum atomic E-state index is 12.8. The minimum atomic E-state index is -4.34. The van der Waals surface area contributed by atoms with Crippen molar-refractivity contribution in [1.29, 1.82) is 0 Å². The highest BCUT2D eigenvalue weighted by Crippen LogP contribution is 2.36. The Morgan fingerprint density at radius 1 is 1.25 bits per heavy atom. The lowest BCUT2D eigenvalue weighted by Crippen LogP contribution is -2.31. The molecule has 0 saturated carbocycles. The molecular weight excluding hydrogens is 267 g/mol. The SMILES string of the molecule is CC(C)(C#CC1COCc2ccccc2N1)C(F)(F)F. The third kappa shape index (κ3) is 3.26. The van der Waals surface area contributed by atoms with Gasteiger partial charge < -0.3 is 10.1 Å². The smallest absolute Gasteiger partial charge is 0.374 e. The van der Waals surface area contributed by atoms with Crippen molar-refractivity contribution >= 4 is 5.69 Å². The maximum Gasteiger partial charge on any atom is 0.404 e. The van der Waals surface area contributed by atoms with Gasteiger partial charge in [0, 0.05) is 11.3 Å². The first kappa shape index (κ1) is 14.7. The zero-order valence-electron chi connectivity index (χ0n) is 11.3. The quantitative estimate of drug-likeness (QED) is 0.735. The number of halogens is 3. The molecule has 1 aliphatic rings. The highest BCUT2D eigenvalue weighted by molar-refractivity contribution is 5.53. The summed E-state index contributed by atoms with van der Waals surface area (Å²) < 4.78 is 43.7. The molecule has 0 amide bonds. The van der Waals surface area contributed by atoms with Crippen LogP contribution in [0, 0.1) is 17.3 Å². The van der Waals surface area contributed by atoms with E-state index < -0.39 is 17.6 Å². The van der Waals surface area contributed by atoms with E-state index in [0.29, 0.717) is 6.61 Å². The van der Waals surface area contributed by atoms with Crippen LogP contribution >= 0.6 is 0 Å². The van der Waals surface area contributed by atoms with Gasteiger partial charge in [0.1, 0.15) is 11.5 Å². The number of hydrogen-bond acceptors (Lipinski definition) is 2. The number of rotatable bonds is 0. The van der Waals surface area contributed by atoms with Crippen molar-refractivity contribution in [2.75, 3.05) is 11.9 Å². The molecule has 2 rings (SSSR count). The van der Waals surface area contributed by atoms with Gasteiger partial charge >= 0.3 is 6.18 Å². The van der Waals surface area contributed by atoms with Gasteiger partial charge in [-0.3, -0.25) is 0 Å². The second-order valence-electron chi connectivity index (χ2n) is 5.26. The van der Waals surface area contributed by atoms with Gasteiger partial charge in [0.15, 0.2) is 0 Å². The van der Waals surface area contributed by atoms with Crippen LogP contribution in [-0.4, -0.2) is 18.8 Å². The fraction of sp³-hybridized carbons (Fsp3) is 0.467. The largest absolute Gasteiger partial charge is 0.404 e. The Morgan fingerprint density at radius 3 is 2.65 bits per heavy atom. The molecule has 1 atom stereocenters. The van der Waals surface area contributed by atoms with Gasteiger partial charge in [-0.2, -0.15) is 13.2 Å². The van der Waals surface area contributed by atoms with Crippen molar-refractivity contribution in [3.8, 4) is 11.8 Å². The first-order chi connectivity index (χ1) is 9.29. The Kier molecular flexibility index (Phi) is 3.96. The minimum absolute atomic E-state index is 0.260. The summed E-state index contributed by atoms with van der Waals surface area (Å²) in [6.07, 6.45) is -4.34. The van der Waals surface area contributed by atoms with Gasteiger partial charge in [0.2, 0.25) is 0 Å². The molecule has 108 valence electrons. The Bertz CT molecular complexity index is 540. The molecule has 1 aromatic rings.